The summed E-state index contributed by atoms with van der Waals surface area (Å²) >= 11 is 0. The maximum atomic E-state index is 12.9. The molecule has 1 fully saturated rings. The molecule has 0 saturated heterocycles. The fourth-order valence-corrected chi connectivity index (χ4v) is 3.66. The number of aliphatic hydroxyl groups is 1. The first-order chi connectivity index (χ1) is 12.7. The second kappa shape index (κ2) is 5.95. The number of carbonyl (C=O) groups excluding carboxylic acids is 1. The van der Waals surface area contributed by atoms with Gasteiger partial charge in [0.05, 0.1) is 29.0 Å². The van der Waals surface area contributed by atoms with E-state index in [9.17, 15) is 9.90 Å². The largest absolute Gasteiger partial charge is 0.386 e. The summed E-state index contributed by atoms with van der Waals surface area (Å²) in [4.78, 5) is 22.3. The molecular weight excluding hydrogens is 330 g/mol. The van der Waals surface area contributed by atoms with Crippen LogP contribution in [0.25, 0.3) is 11.0 Å². The van der Waals surface area contributed by atoms with Crippen molar-refractivity contribution < 1.29 is 9.90 Å². The number of aromatic nitrogens is 4. The Morgan fingerprint density at radius 1 is 1.27 bits per heavy atom. The van der Waals surface area contributed by atoms with Gasteiger partial charge < -0.3 is 15.0 Å². The van der Waals surface area contributed by atoms with Crippen LogP contribution in [0.4, 0.5) is 0 Å². The molecule has 2 aromatic heterocycles. The molecule has 1 saturated carbocycles. The Morgan fingerprint density at radius 3 is 2.92 bits per heavy atom. The van der Waals surface area contributed by atoms with Gasteiger partial charge in [0.15, 0.2) is 5.82 Å². The normalized spacial score (nSPS) is 18.6. The molecule has 1 amide bonds. The zero-order valence-electron chi connectivity index (χ0n) is 14.4. The standard InChI is InChI=1S/C19H21N5O2/c25-17(12-6-7-12)16-10-13-11-23(8-3-9-24(13)22-16)19(26)18-20-14-4-1-2-5-15(14)21-18/h1-2,4-5,10,12,17,25H,3,6-9,11H2,(H,20,21)/t17-/m1/s1. The molecule has 0 bridgehead atoms. The summed E-state index contributed by atoms with van der Waals surface area (Å²) in [6.07, 6.45) is 2.49. The Bertz CT molecular complexity index is 938. The molecule has 134 valence electrons. The average molecular weight is 351 g/mol. The number of amides is 1. The fourth-order valence-electron chi connectivity index (χ4n) is 3.66. The van der Waals surface area contributed by atoms with Gasteiger partial charge in [-0.05, 0) is 43.4 Å². The number of imidazole rings is 1. The van der Waals surface area contributed by atoms with Gasteiger partial charge >= 0.3 is 0 Å². The number of hydrogen-bond acceptors (Lipinski definition) is 4. The fraction of sp³-hybridized carbons (Fsp3) is 0.421. The van der Waals surface area contributed by atoms with Crippen molar-refractivity contribution in [2.45, 2.75) is 38.5 Å². The lowest BCUT2D eigenvalue weighted by Gasteiger charge is -2.18. The third-order valence-electron chi connectivity index (χ3n) is 5.28. The lowest BCUT2D eigenvalue weighted by molar-refractivity contribution is 0.0735. The van der Waals surface area contributed by atoms with Crippen LogP contribution in [-0.2, 0) is 13.1 Å². The zero-order valence-corrected chi connectivity index (χ0v) is 14.4. The third-order valence-corrected chi connectivity index (χ3v) is 5.28. The number of carbonyl (C=O) groups is 1. The van der Waals surface area contributed by atoms with E-state index >= 15 is 0 Å². The number of aryl methyl sites for hydroxylation is 1. The van der Waals surface area contributed by atoms with Crippen LogP contribution in [-0.4, -0.2) is 42.2 Å². The van der Waals surface area contributed by atoms with Gasteiger partial charge in [0.25, 0.3) is 5.91 Å². The van der Waals surface area contributed by atoms with Crippen LogP contribution in [0.1, 0.15) is 47.4 Å². The molecule has 1 aromatic carbocycles. The number of rotatable bonds is 3. The number of nitrogens with one attached hydrogen (secondary N) is 1. The minimum atomic E-state index is -0.478. The molecule has 2 aliphatic rings. The minimum absolute atomic E-state index is 0.0971. The van der Waals surface area contributed by atoms with E-state index in [0.717, 1.165) is 48.2 Å². The maximum absolute atomic E-state index is 12.9. The first-order valence-electron chi connectivity index (χ1n) is 9.18. The van der Waals surface area contributed by atoms with Crippen LogP contribution in [0.2, 0.25) is 0 Å². The Hall–Kier alpha value is -2.67. The van der Waals surface area contributed by atoms with Crippen LogP contribution in [0.15, 0.2) is 30.3 Å². The molecule has 0 spiro atoms. The number of aliphatic hydroxyl groups excluding tert-OH is 1. The van der Waals surface area contributed by atoms with Crippen LogP contribution in [0, 0.1) is 5.92 Å². The second-order valence-electron chi connectivity index (χ2n) is 7.25. The van der Waals surface area contributed by atoms with Gasteiger partial charge in [0.2, 0.25) is 0 Å². The number of aromatic amines is 1. The average Bonchev–Trinajstić information content (AvgIpc) is 3.34. The van der Waals surface area contributed by atoms with Gasteiger partial charge in [-0.2, -0.15) is 5.10 Å². The zero-order chi connectivity index (χ0) is 17.7. The van der Waals surface area contributed by atoms with Crippen molar-refractivity contribution in [2.75, 3.05) is 6.54 Å². The molecule has 1 aliphatic heterocycles. The van der Waals surface area contributed by atoms with Crippen molar-refractivity contribution in [3.8, 4) is 0 Å². The number of H-pyrrole nitrogens is 1. The number of hydrogen-bond donors (Lipinski definition) is 2. The van der Waals surface area contributed by atoms with Crippen molar-refractivity contribution in [3.63, 3.8) is 0 Å². The Labute approximate surface area is 150 Å². The van der Waals surface area contributed by atoms with Gasteiger partial charge in [-0.3, -0.25) is 9.48 Å². The summed E-state index contributed by atoms with van der Waals surface area (Å²) in [5.74, 6) is 0.625. The van der Waals surface area contributed by atoms with Crippen LogP contribution in [0.5, 0.6) is 0 Å². The summed E-state index contributed by atoms with van der Waals surface area (Å²) in [5, 5.41) is 14.9. The summed E-state index contributed by atoms with van der Waals surface area (Å²) in [5.41, 5.74) is 3.37. The highest BCUT2D eigenvalue weighted by Gasteiger charge is 2.33. The quantitative estimate of drug-likeness (QED) is 0.758. The van der Waals surface area contributed by atoms with E-state index < -0.39 is 6.10 Å². The molecule has 7 nitrogen and oxygen atoms in total. The Morgan fingerprint density at radius 2 is 2.12 bits per heavy atom. The van der Waals surface area contributed by atoms with Gasteiger partial charge in [0, 0.05) is 13.1 Å². The first-order valence-corrected chi connectivity index (χ1v) is 9.18. The molecule has 3 heterocycles. The molecule has 26 heavy (non-hydrogen) atoms. The molecule has 0 unspecified atom stereocenters. The highest BCUT2D eigenvalue weighted by atomic mass is 16.3. The first kappa shape index (κ1) is 15.6. The van der Waals surface area contributed by atoms with Crippen LogP contribution < -0.4 is 0 Å². The van der Waals surface area contributed by atoms with E-state index in [1.807, 2.05) is 39.9 Å². The van der Waals surface area contributed by atoms with Crippen molar-refractivity contribution in [1.82, 2.24) is 24.6 Å². The van der Waals surface area contributed by atoms with E-state index in [0.29, 0.717) is 24.8 Å². The highest BCUT2D eigenvalue weighted by Crippen LogP contribution is 2.40. The lowest BCUT2D eigenvalue weighted by atomic mass is 10.1. The molecule has 1 atom stereocenters. The van der Waals surface area contributed by atoms with Crippen molar-refractivity contribution in [2.24, 2.45) is 5.92 Å². The summed E-state index contributed by atoms with van der Waals surface area (Å²) in [6, 6.07) is 9.60. The number of fused-ring (bicyclic) bond motifs is 2. The molecule has 7 heteroatoms. The monoisotopic (exact) mass is 351 g/mol. The van der Waals surface area contributed by atoms with Gasteiger partial charge in [-0.25, -0.2) is 4.98 Å². The number of benzene rings is 1. The molecule has 0 radical (unpaired) electrons. The summed E-state index contributed by atoms with van der Waals surface area (Å²) < 4.78 is 1.94. The molecule has 2 N–H and O–H groups in total. The molecule has 3 aromatic rings. The van der Waals surface area contributed by atoms with E-state index in [1.54, 1.807) is 0 Å². The second-order valence-corrected chi connectivity index (χ2v) is 7.25. The lowest BCUT2D eigenvalue weighted by Crippen LogP contribution is -2.31. The van der Waals surface area contributed by atoms with E-state index in [-0.39, 0.29) is 5.91 Å². The number of para-hydroxylation sites is 2. The summed E-state index contributed by atoms with van der Waals surface area (Å²) in [7, 11) is 0. The molecule has 5 rings (SSSR count). The highest BCUT2D eigenvalue weighted by molar-refractivity contribution is 5.94. The van der Waals surface area contributed by atoms with E-state index in [2.05, 4.69) is 15.1 Å². The molecule has 1 aliphatic carbocycles. The predicted molar refractivity (Wildman–Crippen MR) is 95.4 cm³/mol. The minimum Gasteiger partial charge on any atom is -0.386 e. The SMILES string of the molecule is O=C(c1nc2ccccc2[nH]1)N1CCCn2nc([C@H](O)C3CC3)cc2C1. The molecular formula is C19H21N5O2. The van der Waals surface area contributed by atoms with Crippen molar-refractivity contribution in [3.05, 3.63) is 47.5 Å². The number of nitrogens with zero attached hydrogens (tertiary/aromatic N) is 4. The Balaban J connectivity index is 1.40. The van der Waals surface area contributed by atoms with Crippen LogP contribution >= 0.6 is 0 Å². The predicted octanol–water partition coefficient (Wildman–Crippen LogP) is 2.25. The van der Waals surface area contributed by atoms with Crippen molar-refractivity contribution >= 4 is 16.9 Å². The third kappa shape index (κ3) is 2.68. The van der Waals surface area contributed by atoms with Crippen molar-refractivity contribution in [1.29, 1.82) is 0 Å². The van der Waals surface area contributed by atoms with Gasteiger partial charge in [-0.15, -0.1) is 0 Å². The smallest absolute Gasteiger partial charge is 0.290 e. The topological polar surface area (TPSA) is 87.0 Å². The Kier molecular flexibility index (Phi) is 3.56. The van der Waals surface area contributed by atoms with E-state index in [4.69, 9.17) is 0 Å². The van der Waals surface area contributed by atoms with Crippen LogP contribution in [0.3, 0.4) is 0 Å². The summed E-state index contributed by atoms with van der Waals surface area (Å²) in [6.45, 7) is 1.91. The maximum Gasteiger partial charge on any atom is 0.290 e. The van der Waals surface area contributed by atoms with Gasteiger partial charge in [0.1, 0.15) is 6.10 Å². The van der Waals surface area contributed by atoms with E-state index in [1.165, 1.54) is 0 Å². The van der Waals surface area contributed by atoms with Gasteiger partial charge in [-0.1, -0.05) is 12.1 Å².